The van der Waals surface area contributed by atoms with E-state index >= 15 is 0 Å². The van der Waals surface area contributed by atoms with Gasteiger partial charge >= 0.3 is 5.97 Å². The monoisotopic (exact) mass is 476 g/mol. The van der Waals surface area contributed by atoms with Crippen LogP contribution in [0.1, 0.15) is 26.0 Å². The summed E-state index contributed by atoms with van der Waals surface area (Å²) >= 11 is 6.25. The molecule has 0 aliphatic carbocycles. The lowest BCUT2D eigenvalue weighted by atomic mass is 10.0. The molecule has 9 nitrogen and oxygen atoms in total. The molecule has 32 heavy (non-hydrogen) atoms. The van der Waals surface area contributed by atoms with Gasteiger partial charge in [-0.2, -0.15) is 0 Å². The first kappa shape index (κ1) is 23.5. The molecule has 1 amide bonds. The average Bonchev–Trinajstić information content (AvgIpc) is 3.30. The van der Waals surface area contributed by atoms with Crippen molar-refractivity contribution in [1.82, 2.24) is 4.90 Å². The molecular formula is C21H20N2O7S2. The summed E-state index contributed by atoms with van der Waals surface area (Å²) in [6.07, 6.45) is 1.72. The Morgan fingerprint density at radius 3 is 2.69 bits per heavy atom. The van der Waals surface area contributed by atoms with Gasteiger partial charge in [-0.15, -0.1) is 0 Å². The summed E-state index contributed by atoms with van der Waals surface area (Å²) in [5.74, 6) is -0.724. The van der Waals surface area contributed by atoms with E-state index in [9.17, 15) is 24.8 Å². The number of carbonyl (C=O) groups is 2. The van der Waals surface area contributed by atoms with Gasteiger partial charge in [0, 0.05) is 6.08 Å². The molecule has 0 radical (unpaired) electrons. The Hall–Kier alpha value is -3.18. The second kappa shape index (κ2) is 9.53. The Bertz CT molecular complexity index is 1120. The van der Waals surface area contributed by atoms with Crippen LogP contribution in [0.25, 0.3) is 17.4 Å². The Morgan fingerprint density at radius 2 is 2.09 bits per heavy atom. The number of hydrogen-bond acceptors (Lipinski definition) is 8. The molecule has 0 saturated carbocycles. The van der Waals surface area contributed by atoms with Crippen molar-refractivity contribution in [3.8, 4) is 17.1 Å². The number of aliphatic carboxylic acids is 1. The van der Waals surface area contributed by atoms with Crippen molar-refractivity contribution >= 4 is 51.9 Å². The highest BCUT2D eigenvalue weighted by molar-refractivity contribution is 8.26. The van der Waals surface area contributed by atoms with E-state index in [4.69, 9.17) is 21.4 Å². The Balaban J connectivity index is 1.90. The molecule has 1 unspecified atom stereocenters. The van der Waals surface area contributed by atoms with E-state index < -0.39 is 22.8 Å². The first-order chi connectivity index (χ1) is 15.1. The van der Waals surface area contributed by atoms with Crippen molar-refractivity contribution in [3.05, 3.63) is 51.1 Å². The van der Waals surface area contributed by atoms with E-state index in [1.165, 1.54) is 25.3 Å². The number of hydrogen-bond donors (Lipinski definition) is 1. The molecule has 168 valence electrons. The maximum Gasteiger partial charge on any atom is 0.326 e. The summed E-state index contributed by atoms with van der Waals surface area (Å²) in [6.45, 7) is 3.73. The zero-order valence-corrected chi connectivity index (χ0v) is 19.1. The maximum atomic E-state index is 12.9. The molecule has 1 atom stereocenters. The number of nitro groups is 1. The molecule has 11 heteroatoms. The highest BCUT2D eigenvalue weighted by atomic mass is 32.2. The maximum absolute atomic E-state index is 12.9. The molecule has 1 aliphatic rings. The molecule has 1 saturated heterocycles. The summed E-state index contributed by atoms with van der Waals surface area (Å²) < 4.78 is 10.9. The van der Waals surface area contributed by atoms with E-state index in [-0.39, 0.29) is 44.3 Å². The lowest BCUT2D eigenvalue weighted by Gasteiger charge is -2.24. The number of thiocarbonyl (C=S) groups is 1. The van der Waals surface area contributed by atoms with Gasteiger partial charge in [0.1, 0.15) is 27.6 Å². The topological polar surface area (TPSA) is 123 Å². The summed E-state index contributed by atoms with van der Waals surface area (Å²) in [7, 11) is 1.41. The van der Waals surface area contributed by atoms with Crippen molar-refractivity contribution in [2.75, 3.05) is 7.11 Å². The molecule has 1 aliphatic heterocycles. The third-order valence-corrected chi connectivity index (χ3v) is 6.01. The number of carboxylic acids is 1. The smallest absolute Gasteiger partial charge is 0.326 e. The lowest BCUT2D eigenvalue weighted by molar-refractivity contribution is -0.384. The van der Waals surface area contributed by atoms with Crippen molar-refractivity contribution in [2.45, 2.75) is 26.3 Å². The second-order valence-corrected chi connectivity index (χ2v) is 9.05. The number of ether oxygens (including phenoxy) is 1. The molecule has 1 aromatic carbocycles. The summed E-state index contributed by atoms with van der Waals surface area (Å²) in [4.78, 5) is 36.8. The number of nitrogens with zero attached hydrogens (tertiary/aromatic N) is 2. The fraction of sp³-hybridized carbons (Fsp3) is 0.286. The van der Waals surface area contributed by atoms with Gasteiger partial charge in [0.2, 0.25) is 0 Å². The van der Waals surface area contributed by atoms with Crippen LogP contribution in [0.4, 0.5) is 5.69 Å². The number of carbonyl (C=O) groups excluding carboxylic acids is 1. The van der Waals surface area contributed by atoms with Gasteiger partial charge in [0.05, 0.1) is 28.6 Å². The average molecular weight is 477 g/mol. The standard InChI is InChI=1S/C21H20N2O7S2/c1-11(2)8-16(20(25)26)22-19(24)18(32-21(22)31)10-13-5-7-17(30-13)14-6-4-12(29-3)9-15(14)23(27)28/h4-7,9-11,16H,8H2,1-3H3,(H,25,26)/b18-10-. The molecule has 1 fully saturated rings. The van der Waals surface area contributed by atoms with Crippen molar-refractivity contribution < 1.29 is 28.8 Å². The van der Waals surface area contributed by atoms with Gasteiger partial charge in [-0.3, -0.25) is 19.8 Å². The fourth-order valence-electron chi connectivity index (χ4n) is 3.21. The molecule has 1 aromatic heterocycles. The largest absolute Gasteiger partial charge is 0.497 e. The van der Waals surface area contributed by atoms with E-state index in [2.05, 4.69) is 0 Å². The SMILES string of the molecule is COc1ccc(-c2ccc(/C=C3\SC(=S)N(C(CC(C)C)C(=O)O)C3=O)o2)c([N+](=O)[O-])c1. The minimum Gasteiger partial charge on any atom is -0.497 e. The molecule has 0 bridgehead atoms. The number of nitro benzene ring substituents is 1. The van der Waals surface area contributed by atoms with Gasteiger partial charge in [-0.1, -0.05) is 37.8 Å². The number of amides is 1. The summed E-state index contributed by atoms with van der Waals surface area (Å²) in [5.41, 5.74) is 0.0698. The Morgan fingerprint density at radius 1 is 1.38 bits per heavy atom. The zero-order valence-electron chi connectivity index (χ0n) is 17.4. The second-order valence-electron chi connectivity index (χ2n) is 7.38. The highest BCUT2D eigenvalue weighted by Crippen LogP contribution is 2.37. The third kappa shape index (κ3) is 4.83. The summed E-state index contributed by atoms with van der Waals surface area (Å²) in [5, 5.41) is 21.0. The number of furan rings is 1. The Kier molecular flexibility index (Phi) is 6.99. The van der Waals surface area contributed by atoms with Crippen LogP contribution in [0.3, 0.4) is 0 Å². The van der Waals surface area contributed by atoms with Crippen LogP contribution >= 0.6 is 24.0 Å². The van der Waals surface area contributed by atoms with Gasteiger partial charge in [-0.25, -0.2) is 4.79 Å². The third-order valence-electron chi connectivity index (χ3n) is 4.68. The van der Waals surface area contributed by atoms with Crippen LogP contribution in [-0.2, 0) is 9.59 Å². The fourth-order valence-corrected chi connectivity index (χ4v) is 4.55. The van der Waals surface area contributed by atoms with Crippen molar-refractivity contribution in [1.29, 1.82) is 0 Å². The van der Waals surface area contributed by atoms with E-state index in [1.807, 2.05) is 13.8 Å². The van der Waals surface area contributed by atoms with Crippen LogP contribution in [0.2, 0.25) is 0 Å². The van der Waals surface area contributed by atoms with Crippen LogP contribution in [0, 0.1) is 16.0 Å². The zero-order chi connectivity index (χ0) is 23.6. The highest BCUT2D eigenvalue weighted by Gasteiger charge is 2.40. The number of methoxy groups -OCH3 is 1. The van der Waals surface area contributed by atoms with Crippen LogP contribution < -0.4 is 4.74 Å². The quantitative estimate of drug-likeness (QED) is 0.253. The van der Waals surface area contributed by atoms with Crippen LogP contribution in [-0.4, -0.2) is 44.3 Å². The van der Waals surface area contributed by atoms with E-state index in [1.54, 1.807) is 18.2 Å². The predicted octanol–water partition coefficient (Wildman–Crippen LogP) is 4.56. The van der Waals surface area contributed by atoms with Gasteiger partial charge in [0.15, 0.2) is 0 Å². The number of carboxylic acid groups (broad SMARTS) is 1. The molecular weight excluding hydrogens is 456 g/mol. The Labute approximate surface area is 193 Å². The number of thioether (sulfide) groups is 1. The van der Waals surface area contributed by atoms with Crippen molar-refractivity contribution in [3.63, 3.8) is 0 Å². The minimum atomic E-state index is -1.12. The van der Waals surface area contributed by atoms with E-state index in [0.29, 0.717) is 5.75 Å². The molecule has 2 heterocycles. The van der Waals surface area contributed by atoms with E-state index in [0.717, 1.165) is 16.7 Å². The lowest BCUT2D eigenvalue weighted by Crippen LogP contribution is -2.44. The first-order valence-electron chi connectivity index (χ1n) is 9.54. The normalized spacial score (nSPS) is 16.1. The number of benzene rings is 1. The molecule has 1 N–H and O–H groups in total. The van der Waals surface area contributed by atoms with Crippen LogP contribution in [0.5, 0.6) is 5.75 Å². The minimum absolute atomic E-state index is 0.0534. The van der Waals surface area contributed by atoms with Gasteiger partial charge < -0.3 is 14.3 Å². The van der Waals surface area contributed by atoms with Gasteiger partial charge in [0.25, 0.3) is 11.6 Å². The molecule has 3 rings (SSSR count). The van der Waals surface area contributed by atoms with Gasteiger partial charge in [-0.05, 0) is 36.6 Å². The summed E-state index contributed by atoms with van der Waals surface area (Å²) in [6, 6.07) is 6.46. The predicted molar refractivity (Wildman–Crippen MR) is 123 cm³/mol. The van der Waals surface area contributed by atoms with Crippen LogP contribution in [0.15, 0.2) is 39.7 Å². The molecule has 2 aromatic rings. The van der Waals surface area contributed by atoms with Crippen molar-refractivity contribution in [2.24, 2.45) is 5.92 Å². The molecule has 0 spiro atoms. The first-order valence-corrected chi connectivity index (χ1v) is 10.8. The number of rotatable bonds is 8.